The van der Waals surface area contributed by atoms with Gasteiger partial charge in [-0.3, -0.25) is 0 Å². The number of furan rings is 1. The molecule has 0 radical (unpaired) electrons. The Kier molecular flexibility index (Phi) is 4.66. The number of hydrogen-bond donors (Lipinski definition) is 0. The fraction of sp³-hybridized carbons (Fsp3) is 0.571. The van der Waals surface area contributed by atoms with E-state index >= 15 is 0 Å². The van der Waals surface area contributed by atoms with Gasteiger partial charge in [0.25, 0.3) is 0 Å². The first-order chi connectivity index (χ1) is 8.40. The lowest BCUT2D eigenvalue weighted by Gasteiger charge is -2.26. The van der Waals surface area contributed by atoms with Crippen molar-refractivity contribution in [3.63, 3.8) is 0 Å². The predicted octanol–water partition coefficient (Wildman–Crippen LogP) is 3.28. The van der Waals surface area contributed by atoms with Gasteiger partial charge in [0.2, 0.25) is 0 Å². The maximum Gasteiger partial charge on any atom is 0.158 e. The van der Waals surface area contributed by atoms with Crippen LogP contribution in [0.2, 0.25) is 0 Å². The quantitative estimate of drug-likeness (QED) is 0.749. The molecule has 1 saturated heterocycles. The van der Waals surface area contributed by atoms with Crippen molar-refractivity contribution in [3.05, 3.63) is 24.2 Å². The van der Waals surface area contributed by atoms with Crippen LogP contribution in [-0.2, 0) is 9.47 Å². The van der Waals surface area contributed by atoms with Crippen LogP contribution in [0.3, 0.4) is 0 Å². The smallest absolute Gasteiger partial charge is 0.158 e. The van der Waals surface area contributed by atoms with Crippen LogP contribution >= 0.6 is 0 Å². The zero-order valence-corrected chi connectivity index (χ0v) is 10.1. The summed E-state index contributed by atoms with van der Waals surface area (Å²) in [4.78, 5) is 0. The molecule has 0 saturated carbocycles. The topological polar surface area (TPSA) is 31.6 Å². The van der Waals surface area contributed by atoms with Crippen molar-refractivity contribution < 1.29 is 13.9 Å². The molecule has 0 aromatic carbocycles. The Morgan fingerprint density at radius 3 is 3.12 bits per heavy atom. The van der Waals surface area contributed by atoms with Crippen LogP contribution in [0.1, 0.15) is 44.3 Å². The highest BCUT2D eigenvalue weighted by atomic mass is 16.7. The van der Waals surface area contributed by atoms with Gasteiger partial charge in [0.1, 0.15) is 0 Å². The molecule has 3 nitrogen and oxygen atoms in total. The third kappa shape index (κ3) is 3.62. The van der Waals surface area contributed by atoms with Crippen molar-refractivity contribution in [3.8, 4) is 11.8 Å². The summed E-state index contributed by atoms with van der Waals surface area (Å²) in [6, 6.07) is 1.92. The highest BCUT2D eigenvalue weighted by Gasteiger charge is 2.21. The van der Waals surface area contributed by atoms with Gasteiger partial charge in [-0.05, 0) is 32.3 Å². The Balaban J connectivity index is 1.96. The van der Waals surface area contributed by atoms with Crippen LogP contribution in [0.4, 0.5) is 0 Å². The molecule has 1 aromatic rings. The molecule has 1 aromatic heterocycles. The predicted molar refractivity (Wildman–Crippen MR) is 64.2 cm³/mol. The minimum absolute atomic E-state index is 0.0516. The van der Waals surface area contributed by atoms with Gasteiger partial charge in [-0.2, -0.15) is 0 Å². The second-order valence-electron chi connectivity index (χ2n) is 4.11. The van der Waals surface area contributed by atoms with Gasteiger partial charge in [0.15, 0.2) is 6.29 Å². The molecular weight excluding hydrogens is 216 g/mol. The first-order valence-electron chi connectivity index (χ1n) is 6.09. The summed E-state index contributed by atoms with van der Waals surface area (Å²) in [6.45, 7) is 2.63. The fourth-order valence-corrected chi connectivity index (χ4v) is 1.90. The molecule has 2 heterocycles. The van der Waals surface area contributed by atoms with Crippen LogP contribution < -0.4 is 0 Å². The zero-order valence-electron chi connectivity index (χ0n) is 10.1. The lowest BCUT2D eigenvalue weighted by molar-refractivity contribution is -0.188. The van der Waals surface area contributed by atoms with E-state index < -0.39 is 0 Å². The molecule has 3 heteroatoms. The molecular formula is C14H18O3. The Hall–Kier alpha value is -1.24. The van der Waals surface area contributed by atoms with Gasteiger partial charge in [-0.25, -0.2) is 0 Å². The third-order valence-corrected chi connectivity index (χ3v) is 2.83. The lowest BCUT2D eigenvalue weighted by atomic mass is 10.1. The van der Waals surface area contributed by atoms with Gasteiger partial charge >= 0.3 is 0 Å². The monoisotopic (exact) mass is 234 g/mol. The van der Waals surface area contributed by atoms with E-state index in [9.17, 15) is 0 Å². The number of ether oxygens (including phenoxy) is 2. The Labute approximate surface area is 102 Å². The maximum absolute atomic E-state index is 5.95. The van der Waals surface area contributed by atoms with E-state index in [1.54, 1.807) is 12.5 Å². The van der Waals surface area contributed by atoms with Crippen LogP contribution in [0.25, 0.3) is 0 Å². The van der Waals surface area contributed by atoms with Gasteiger partial charge < -0.3 is 13.9 Å². The second-order valence-corrected chi connectivity index (χ2v) is 4.11. The number of hydrogen-bond acceptors (Lipinski definition) is 3. The van der Waals surface area contributed by atoms with E-state index in [4.69, 9.17) is 13.9 Å². The summed E-state index contributed by atoms with van der Waals surface area (Å²) in [5, 5.41) is 0. The van der Waals surface area contributed by atoms with Crippen molar-refractivity contribution in [1.82, 2.24) is 0 Å². The maximum atomic E-state index is 5.95. The molecule has 2 rings (SSSR count). The van der Waals surface area contributed by atoms with Crippen LogP contribution in [0, 0.1) is 11.8 Å². The Morgan fingerprint density at radius 2 is 2.47 bits per heavy atom. The minimum Gasteiger partial charge on any atom is -0.472 e. The molecule has 1 aliphatic rings. The van der Waals surface area contributed by atoms with Crippen molar-refractivity contribution in [2.24, 2.45) is 0 Å². The largest absolute Gasteiger partial charge is 0.472 e. The highest BCUT2D eigenvalue weighted by molar-refractivity contribution is 5.13. The normalized spacial score (nSPS) is 21.6. The van der Waals surface area contributed by atoms with Crippen molar-refractivity contribution >= 4 is 0 Å². The molecule has 92 valence electrons. The zero-order chi connectivity index (χ0) is 11.9. The number of rotatable bonds is 4. The Bertz CT molecular complexity index is 366. The molecule has 0 spiro atoms. The van der Waals surface area contributed by atoms with Crippen molar-refractivity contribution in [2.45, 2.75) is 45.0 Å². The first kappa shape index (κ1) is 12.2. The first-order valence-corrected chi connectivity index (χ1v) is 6.09. The highest BCUT2D eigenvalue weighted by Crippen LogP contribution is 2.26. The summed E-state index contributed by atoms with van der Waals surface area (Å²) < 4.78 is 16.6. The van der Waals surface area contributed by atoms with E-state index in [1.807, 2.05) is 13.0 Å². The van der Waals surface area contributed by atoms with Crippen LogP contribution in [0.5, 0.6) is 0 Å². The molecule has 0 bridgehead atoms. The SMILES string of the molecule is CC#CCC(OC1CCCCO1)c1ccoc1. The molecule has 2 unspecified atom stereocenters. The van der Waals surface area contributed by atoms with E-state index in [0.717, 1.165) is 25.0 Å². The molecule has 0 amide bonds. The molecule has 0 aliphatic carbocycles. The summed E-state index contributed by atoms with van der Waals surface area (Å²) in [5.41, 5.74) is 1.03. The third-order valence-electron chi connectivity index (χ3n) is 2.83. The Morgan fingerprint density at radius 1 is 1.53 bits per heavy atom. The average Bonchev–Trinajstić information content (AvgIpc) is 2.89. The molecule has 1 aliphatic heterocycles. The van der Waals surface area contributed by atoms with Crippen molar-refractivity contribution in [1.29, 1.82) is 0 Å². The van der Waals surface area contributed by atoms with E-state index in [-0.39, 0.29) is 12.4 Å². The van der Waals surface area contributed by atoms with Crippen LogP contribution in [0.15, 0.2) is 23.0 Å². The molecule has 17 heavy (non-hydrogen) atoms. The van der Waals surface area contributed by atoms with Gasteiger partial charge in [-0.15, -0.1) is 11.8 Å². The minimum atomic E-state index is -0.0951. The molecule has 1 fully saturated rings. The lowest BCUT2D eigenvalue weighted by Crippen LogP contribution is -2.24. The van der Waals surface area contributed by atoms with E-state index in [2.05, 4.69) is 11.8 Å². The van der Waals surface area contributed by atoms with Gasteiger partial charge in [0, 0.05) is 18.6 Å². The standard InChI is InChI=1S/C14H18O3/c1-2-3-6-13(12-8-10-15-11-12)17-14-7-4-5-9-16-14/h8,10-11,13-14H,4-7,9H2,1H3. The van der Waals surface area contributed by atoms with Gasteiger partial charge in [-0.1, -0.05) is 0 Å². The summed E-state index contributed by atoms with van der Waals surface area (Å²) in [6.07, 6.45) is 7.17. The van der Waals surface area contributed by atoms with Crippen molar-refractivity contribution in [2.75, 3.05) is 6.61 Å². The summed E-state index contributed by atoms with van der Waals surface area (Å²) in [5.74, 6) is 5.95. The van der Waals surface area contributed by atoms with E-state index in [0.29, 0.717) is 6.42 Å². The molecule has 0 N–H and O–H groups in total. The summed E-state index contributed by atoms with van der Waals surface area (Å²) >= 11 is 0. The fourth-order valence-electron chi connectivity index (χ4n) is 1.90. The summed E-state index contributed by atoms with van der Waals surface area (Å²) in [7, 11) is 0. The van der Waals surface area contributed by atoms with Crippen LogP contribution in [-0.4, -0.2) is 12.9 Å². The molecule has 2 atom stereocenters. The average molecular weight is 234 g/mol. The second kappa shape index (κ2) is 6.48. The van der Waals surface area contributed by atoms with Gasteiger partial charge in [0.05, 0.1) is 18.6 Å². The van der Waals surface area contributed by atoms with E-state index in [1.165, 1.54) is 6.42 Å².